The molecule has 2 aromatic carbocycles. The van der Waals surface area contributed by atoms with Gasteiger partial charge < -0.3 is 25.8 Å². The highest BCUT2D eigenvalue weighted by Gasteiger charge is 2.19. The molecule has 33 heavy (non-hydrogen) atoms. The molecule has 1 amide bonds. The van der Waals surface area contributed by atoms with Gasteiger partial charge in [0.2, 0.25) is 0 Å². The predicted molar refractivity (Wildman–Crippen MR) is 128 cm³/mol. The molecule has 2 aromatic heterocycles. The van der Waals surface area contributed by atoms with Gasteiger partial charge in [-0.1, -0.05) is 31.5 Å². The van der Waals surface area contributed by atoms with E-state index in [1.165, 1.54) is 6.07 Å². The number of fused-ring (bicyclic) bond motifs is 3. The molecule has 0 aliphatic heterocycles. The van der Waals surface area contributed by atoms with E-state index in [4.69, 9.17) is 17.1 Å². The van der Waals surface area contributed by atoms with Crippen LogP contribution in [0.2, 0.25) is 0 Å². The SMILES string of the molecule is C#CC(=O)NCc1ccc2nc(N)c3nc(CCCC)n(Cc4cccc(O)c4O)c3c2c1. The first-order valence-corrected chi connectivity index (χ1v) is 10.7. The van der Waals surface area contributed by atoms with E-state index in [0.717, 1.165) is 41.6 Å². The summed E-state index contributed by atoms with van der Waals surface area (Å²) in [6.45, 7) is 2.68. The predicted octanol–water partition coefficient (Wildman–Crippen LogP) is 3.22. The molecular formula is C25H25N5O3. The molecule has 0 aliphatic carbocycles. The zero-order valence-electron chi connectivity index (χ0n) is 18.3. The van der Waals surface area contributed by atoms with Crippen molar-refractivity contribution in [3.63, 3.8) is 0 Å². The maximum Gasteiger partial charge on any atom is 0.295 e. The van der Waals surface area contributed by atoms with Gasteiger partial charge in [-0.25, -0.2) is 9.97 Å². The lowest BCUT2D eigenvalue weighted by Gasteiger charge is -2.13. The van der Waals surface area contributed by atoms with E-state index in [2.05, 4.69) is 17.2 Å². The number of terminal acetylenes is 1. The highest BCUT2D eigenvalue weighted by atomic mass is 16.3. The molecule has 0 spiro atoms. The van der Waals surface area contributed by atoms with Crippen molar-refractivity contribution in [1.82, 2.24) is 19.9 Å². The number of carbonyl (C=O) groups is 1. The number of nitrogens with two attached hydrogens (primary N) is 1. The third kappa shape index (κ3) is 4.26. The third-order valence-corrected chi connectivity index (χ3v) is 5.61. The summed E-state index contributed by atoms with van der Waals surface area (Å²) in [6, 6.07) is 10.5. The summed E-state index contributed by atoms with van der Waals surface area (Å²) in [4.78, 5) is 20.8. The molecule has 0 bridgehead atoms. The molecule has 5 N–H and O–H groups in total. The van der Waals surface area contributed by atoms with Crippen LogP contribution < -0.4 is 11.1 Å². The van der Waals surface area contributed by atoms with Gasteiger partial charge in [-0.05, 0) is 36.1 Å². The van der Waals surface area contributed by atoms with E-state index in [-0.39, 0.29) is 18.0 Å². The number of nitrogens with zero attached hydrogens (tertiary/aromatic N) is 3. The van der Waals surface area contributed by atoms with Crippen LogP contribution in [0.15, 0.2) is 36.4 Å². The van der Waals surface area contributed by atoms with Crippen molar-refractivity contribution in [2.45, 2.75) is 39.3 Å². The van der Waals surface area contributed by atoms with Crippen LogP contribution >= 0.6 is 0 Å². The average Bonchev–Trinajstić information content (AvgIpc) is 3.18. The lowest BCUT2D eigenvalue weighted by Crippen LogP contribution is -2.20. The number of anilines is 1. The van der Waals surface area contributed by atoms with Crippen LogP contribution in [-0.2, 0) is 24.3 Å². The Kier molecular flexibility index (Phi) is 6.05. The molecular weight excluding hydrogens is 418 g/mol. The van der Waals surface area contributed by atoms with Gasteiger partial charge in [0.15, 0.2) is 17.3 Å². The van der Waals surface area contributed by atoms with Crippen molar-refractivity contribution in [3.05, 3.63) is 53.3 Å². The molecule has 4 aromatic rings. The number of phenolic OH excluding ortho intramolecular Hbond substituents is 2. The molecule has 8 heteroatoms. The summed E-state index contributed by atoms with van der Waals surface area (Å²) < 4.78 is 2.02. The summed E-state index contributed by atoms with van der Waals surface area (Å²) >= 11 is 0. The van der Waals surface area contributed by atoms with Crippen molar-refractivity contribution in [1.29, 1.82) is 0 Å². The van der Waals surface area contributed by atoms with Crippen LogP contribution in [0, 0.1) is 12.3 Å². The second-order valence-corrected chi connectivity index (χ2v) is 7.88. The number of para-hydroxylation sites is 1. The summed E-state index contributed by atoms with van der Waals surface area (Å²) in [5.41, 5.74) is 9.75. The van der Waals surface area contributed by atoms with Gasteiger partial charge in [-0.15, -0.1) is 6.42 Å². The number of aromatic nitrogens is 3. The monoisotopic (exact) mass is 443 g/mol. The molecule has 0 atom stereocenters. The van der Waals surface area contributed by atoms with Gasteiger partial charge in [0.1, 0.15) is 11.3 Å². The number of amides is 1. The van der Waals surface area contributed by atoms with Crippen LogP contribution in [0.3, 0.4) is 0 Å². The highest BCUT2D eigenvalue weighted by molar-refractivity contribution is 6.07. The smallest absolute Gasteiger partial charge is 0.295 e. The minimum Gasteiger partial charge on any atom is -0.504 e. The van der Waals surface area contributed by atoms with Gasteiger partial charge in [-0.3, -0.25) is 4.79 Å². The Bertz CT molecular complexity index is 1400. The zero-order valence-corrected chi connectivity index (χ0v) is 18.3. The first-order chi connectivity index (χ1) is 15.9. The number of aromatic hydroxyl groups is 2. The molecule has 8 nitrogen and oxygen atoms in total. The van der Waals surface area contributed by atoms with Gasteiger partial charge in [0.25, 0.3) is 5.91 Å². The minimum atomic E-state index is -0.484. The Hall–Kier alpha value is -4.25. The molecule has 0 aliphatic rings. The van der Waals surface area contributed by atoms with E-state index in [1.54, 1.807) is 12.1 Å². The van der Waals surface area contributed by atoms with Crippen molar-refractivity contribution in [3.8, 4) is 23.8 Å². The lowest BCUT2D eigenvalue weighted by molar-refractivity contribution is -0.115. The van der Waals surface area contributed by atoms with Crippen LogP contribution in [0.5, 0.6) is 11.5 Å². The maximum absolute atomic E-state index is 11.5. The number of rotatable bonds is 7. The molecule has 0 fully saturated rings. The molecule has 4 rings (SSSR count). The number of imidazole rings is 1. The Labute approximate surface area is 191 Å². The summed E-state index contributed by atoms with van der Waals surface area (Å²) in [7, 11) is 0. The topological polar surface area (TPSA) is 126 Å². The molecule has 0 saturated carbocycles. The number of nitrogen functional groups attached to an aromatic ring is 1. The van der Waals surface area contributed by atoms with Crippen molar-refractivity contribution >= 4 is 33.7 Å². The van der Waals surface area contributed by atoms with Crippen LogP contribution in [-0.4, -0.2) is 30.7 Å². The maximum atomic E-state index is 11.5. The van der Waals surface area contributed by atoms with Crippen LogP contribution in [0.25, 0.3) is 21.9 Å². The average molecular weight is 444 g/mol. The fourth-order valence-corrected chi connectivity index (χ4v) is 3.92. The van der Waals surface area contributed by atoms with Crippen LogP contribution in [0.4, 0.5) is 5.82 Å². The first kappa shape index (κ1) is 22.0. The Morgan fingerprint density at radius 3 is 2.82 bits per heavy atom. The lowest BCUT2D eigenvalue weighted by atomic mass is 10.1. The number of carbonyl (C=O) groups excluding carboxylic acids is 1. The number of nitrogens with one attached hydrogen (secondary N) is 1. The number of benzene rings is 2. The highest BCUT2D eigenvalue weighted by Crippen LogP contribution is 2.34. The van der Waals surface area contributed by atoms with E-state index in [1.807, 2.05) is 28.7 Å². The summed E-state index contributed by atoms with van der Waals surface area (Å²) in [5, 5.41) is 23.9. The summed E-state index contributed by atoms with van der Waals surface area (Å²) in [5.74, 6) is 2.36. The normalized spacial score (nSPS) is 11.0. The third-order valence-electron chi connectivity index (χ3n) is 5.61. The largest absolute Gasteiger partial charge is 0.504 e. The van der Waals surface area contributed by atoms with Crippen molar-refractivity contribution < 1.29 is 15.0 Å². The number of pyridine rings is 1. The number of hydrogen-bond donors (Lipinski definition) is 4. The molecule has 168 valence electrons. The first-order valence-electron chi connectivity index (χ1n) is 10.7. The van der Waals surface area contributed by atoms with E-state index in [9.17, 15) is 15.0 Å². The Morgan fingerprint density at radius 1 is 1.24 bits per heavy atom. The Balaban J connectivity index is 1.92. The van der Waals surface area contributed by atoms with Crippen molar-refractivity contribution in [2.24, 2.45) is 0 Å². The number of phenols is 2. The quantitative estimate of drug-likeness (QED) is 0.257. The van der Waals surface area contributed by atoms with Crippen LogP contribution in [0.1, 0.15) is 36.7 Å². The standard InChI is InChI=1S/C25H25N5O3/c1-3-5-9-20-29-22-23(30(20)14-16-7-6-8-19(31)24(16)33)17-12-15(13-27-21(32)4-2)10-11-18(17)28-25(22)26/h2,6-8,10-12,31,33H,3,5,9,13-14H2,1H3,(H2,26,28)(H,27,32). The second kappa shape index (κ2) is 9.09. The number of hydrogen-bond acceptors (Lipinski definition) is 6. The Morgan fingerprint density at radius 2 is 2.06 bits per heavy atom. The fraction of sp³-hybridized carbons (Fsp3) is 0.240. The fourth-order valence-electron chi connectivity index (χ4n) is 3.92. The zero-order chi connectivity index (χ0) is 23.5. The van der Waals surface area contributed by atoms with E-state index < -0.39 is 5.91 Å². The molecule has 2 heterocycles. The summed E-state index contributed by atoms with van der Waals surface area (Å²) in [6.07, 6.45) is 7.80. The molecule has 0 radical (unpaired) electrons. The number of aryl methyl sites for hydroxylation is 1. The molecule has 0 saturated heterocycles. The second-order valence-electron chi connectivity index (χ2n) is 7.88. The van der Waals surface area contributed by atoms with Gasteiger partial charge in [-0.2, -0.15) is 0 Å². The van der Waals surface area contributed by atoms with E-state index in [0.29, 0.717) is 29.0 Å². The van der Waals surface area contributed by atoms with Gasteiger partial charge in [0, 0.05) is 23.9 Å². The van der Waals surface area contributed by atoms with E-state index >= 15 is 0 Å². The van der Waals surface area contributed by atoms with Gasteiger partial charge in [0.05, 0.1) is 17.6 Å². The van der Waals surface area contributed by atoms with Gasteiger partial charge >= 0.3 is 0 Å². The van der Waals surface area contributed by atoms with Crippen molar-refractivity contribution in [2.75, 3.05) is 5.73 Å². The minimum absolute atomic E-state index is 0.162. The number of unbranched alkanes of at least 4 members (excludes halogenated alkanes) is 1. The molecule has 0 unspecified atom stereocenters.